The van der Waals surface area contributed by atoms with Gasteiger partial charge in [0.2, 0.25) is 15.9 Å². The molecule has 2 aliphatic heterocycles. The number of methoxy groups -OCH3 is 1. The van der Waals surface area contributed by atoms with Gasteiger partial charge in [-0.1, -0.05) is 12.1 Å². The van der Waals surface area contributed by atoms with Gasteiger partial charge < -0.3 is 29.2 Å². The molecule has 0 spiro atoms. The first-order chi connectivity index (χ1) is 19.3. The van der Waals surface area contributed by atoms with E-state index in [0.29, 0.717) is 51.0 Å². The molecule has 0 radical (unpaired) electrons. The van der Waals surface area contributed by atoms with E-state index in [2.05, 4.69) is 5.32 Å². The summed E-state index contributed by atoms with van der Waals surface area (Å²) in [6, 6.07) is 12.5. The number of sulfonamides is 1. The van der Waals surface area contributed by atoms with Gasteiger partial charge in [0.05, 0.1) is 31.3 Å². The summed E-state index contributed by atoms with van der Waals surface area (Å²) in [5.74, 6) is 0.358. The van der Waals surface area contributed by atoms with E-state index in [1.54, 1.807) is 26.2 Å². The lowest BCUT2D eigenvalue weighted by molar-refractivity contribution is -0.142. The summed E-state index contributed by atoms with van der Waals surface area (Å²) in [6.07, 6.45) is 1.85. The topological polar surface area (TPSA) is 124 Å². The van der Waals surface area contributed by atoms with Crippen molar-refractivity contribution in [3.63, 3.8) is 0 Å². The Kier molecular flexibility index (Phi) is 10.4. The fourth-order valence-corrected chi connectivity index (χ4v) is 5.96. The van der Waals surface area contributed by atoms with Gasteiger partial charge in [-0.3, -0.25) is 9.59 Å². The van der Waals surface area contributed by atoms with Crippen molar-refractivity contribution < 1.29 is 37.0 Å². The third-order valence-electron chi connectivity index (χ3n) is 7.00. The molecule has 4 rings (SSSR count). The number of benzene rings is 2. The summed E-state index contributed by atoms with van der Waals surface area (Å²) in [5.41, 5.74) is 0.825. The van der Waals surface area contributed by atoms with Crippen LogP contribution in [0, 0.1) is 0 Å². The average molecular weight is 576 g/mol. The summed E-state index contributed by atoms with van der Waals surface area (Å²) < 4.78 is 48.9. The van der Waals surface area contributed by atoms with Crippen LogP contribution in [0.5, 0.6) is 11.5 Å². The average Bonchev–Trinajstić information content (AvgIpc) is 3.52. The van der Waals surface area contributed by atoms with E-state index in [-0.39, 0.29) is 36.0 Å². The number of ether oxygens (including phenoxy) is 4. The van der Waals surface area contributed by atoms with Crippen LogP contribution in [0.25, 0.3) is 0 Å². The van der Waals surface area contributed by atoms with Gasteiger partial charge in [0, 0.05) is 32.8 Å². The van der Waals surface area contributed by atoms with Crippen LogP contribution in [-0.2, 0) is 35.6 Å². The van der Waals surface area contributed by atoms with E-state index in [1.165, 1.54) is 33.5 Å². The third kappa shape index (κ3) is 7.72. The fourth-order valence-electron chi connectivity index (χ4n) is 4.55. The van der Waals surface area contributed by atoms with Crippen molar-refractivity contribution in [2.75, 3.05) is 53.2 Å². The number of hydrogen-bond donors (Lipinski definition) is 1. The number of hydrogen-bond acceptors (Lipinski definition) is 8. The first-order valence-corrected chi connectivity index (χ1v) is 14.8. The molecular formula is C28H37N3O8S. The number of amides is 2. The minimum absolute atomic E-state index is 0.0137. The number of carbonyl (C=O) groups is 2. The van der Waals surface area contributed by atoms with E-state index >= 15 is 0 Å². The molecule has 2 aliphatic rings. The lowest BCUT2D eigenvalue weighted by Crippen LogP contribution is -2.50. The predicted octanol–water partition coefficient (Wildman–Crippen LogP) is 1.81. The van der Waals surface area contributed by atoms with Crippen LogP contribution >= 0.6 is 0 Å². The minimum Gasteiger partial charge on any atom is -0.497 e. The van der Waals surface area contributed by atoms with Crippen LogP contribution in [0.3, 0.4) is 0 Å². The van der Waals surface area contributed by atoms with Crippen molar-refractivity contribution in [1.82, 2.24) is 14.5 Å². The zero-order chi connectivity index (χ0) is 28.5. The minimum atomic E-state index is -3.64. The summed E-state index contributed by atoms with van der Waals surface area (Å²) in [7, 11) is -2.06. The first kappa shape index (κ1) is 29.8. The maximum Gasteiger partial charge on any atom is 0.261 e. The summed E-state index contributed by atoms with van der Waals surface area (Å²) in [5, 5.41) is 2.90. The van der Waals surface area contributed by atoms with Gasteiger partial charge in [-0.05, 0) is 61.7 Å². The molecule has 0 aromatic heterocycles. The van der Waals surface area contributed by atoms with Crippen molar-refractivity contribution in [2.24, 2.45) is 0 Å². The summed E-state index contributed by atoms with van der Waals surface area (Å²) in [6.45, 7) is 3.96. The van der Waals surface area contributed by atoms with Crippen molar-refractivity contribution in [1.29, 1.82) is 0 Å². The molecule has 2 fully saturated rings. The number of carbonyl (C=O) groups excluding carboxylic acids is 2. The van der Waals surface area contributed by atoms with E-state index in [0.717, 1.165) is 18.4 Å². The highest BCUT2D eigenvalue weighted by molar-refractivity contribution is 7.89. The molecule has 2 amide bonds. The zero-order valence-corrected chi connectivity index (χ0v) is 23.7. The second-order valence-corrected chi connectivity index (χ2v) is 11.6. The number of nitrogens with one attached hydrogen (secondary N) is 1. The fraction of sp³-hybridized carbons (Fsp3) is 0.500. The smallest absolute Gasteiger partial charge is 0.261 e. The molecular weight excluding hydrogens is 538 g/mol. The lowest BCUT2D eigenvalue weighted by atomic mass is 10.1. The Balaban J connectivity index is 1.40. The molecule has 0 bridgehead atoms. The van der Waals surface area contributed by atoms with Crippen molar-refractivity contribution in [3.8, 4) is 11.5 Å². The Morgan fingerprint density at radius 2 is 1.73 bits per heavy atom. The van der Waals surface area contributed by atoms with Gasteiger partial charge in [0.1, 0.15) is 17.5 Å². The Morgan fingerprint density at radius 3 is 2.35 bits per heavy atom. The standard InChI is InChI=1S/C28H37N3O8S/c1-21(28(33)29-18-25-4-3-15-38-25)31(19-22-5-7-23(36-2)8-6-22)27(32)20-39-24-9-11-26(12-10-24)40(34,35)30-13-16-37-17-14-30/h5-12,21,25H,3-4,13-20H2,1-2H3,(H,29,33). The Labute approximate surface area is 235 Å². The normalized spacial score (nSPS) is 18.6. The summed E-state index contributed by atoms with van der Waals surface area (Å²) in [4.78, 5) is 27.9. The molecule has 0 saturated carbocycles. The van der Waals surface area contributed by atoms with Crippen molar-refractivity contribution >= 4 is 21.8 Å². The highest BCUT2D eigenvalue weighted by atomic mass is 32.2. The first-order valence-electron chi connectivity index (χ1n) is 13.4. The molecule has 12 heteroatoms. The second kappa shape index (κ2) is 13.9. The molecule has 0 aliphatic carbocycles. The molecule has 218 valence electrons. The lowest BCUT2D eigenvalue weighted by Gasteiger charge is -2.29. The zero-order valence-electron chi connectivity index (χ0n) is 22.9. The molecule has 2 heterocycles. The predicted molar refractivity (Wildman–Crippen MR) is 147 cm³/mol. The molecule has 2 unspecified atom stereocenters. The van der Waals surface area contributed by atoms with Crippen LogP contribution in [0.1, 0.15) is 25.3 Å². The van der Waals surface area contributed by atoms with Gasteiger partial charge in [0.25, 0.3) is 5.91 Å². The molecule has 2 saturated heterocycles. The van der Waals surface area contributed by atoms with E-state index in [4.69, 9.17) is 18.9 Å². The van der Waals surface area contributed by atoms with Crippen LogP contribution in [-0.4, -0.2) is 94.8 Å². The van der Waals surface area contributed by atoms with Gasteiger partial charge in [-0.2, -0.15) is 4.31 Å². The van der Waals surface area contributed by atoms with E-state index in [1.807, 2.05) is 12.1 Å². The number of morpholine rings is 1. The van der Waals surface area contributed by atoms with Crippen LogP contribution in [0.15, 0.2) is 53.4 Å². The van der Waals surface area contributed by atoms with Gasteiger partial charge in [0.15, 0.2) is 6.61 Å². The van der Waals surface area contributed by atoms with Crippen molar-refractivity contribution in [3.05, 3.63) is 54.1 Å². The van der Waals surface area contributed by atoms with Crippen LogP contribution in [0.2, 0.25) is 0 Å². The van der Waals surface area contributed by atoms with Crippen LogP contribution < -0.4 is 14.8 Å². The Bertz CT molecular complexity index is 1230. The SMILES string of the molecule is COc1ccc(CN(C(=O)COc2ccc(S(=O)(=O)N3CCOCC3)cc2)C(C)C(=O)NCC2CCCO2)cc1. The van der Waals surface area contributed by atoms with Gasteiger partial charge >= 0.3 is 0 Å². The molecule has 2 atom stereocenters. The molecule has 1 N–H and O–H groups in total. The summed E-state index contributed by atoms with van der Waals surface area (Å²) >= 11 is 0. The highest BCUT2D eigenvalue weighted by Crippen LogP contribution is 2.21. The Hall–Kier alpha value is -3.19. The van der Waals surface area contributed by atoms with Gasteiger partial charge in [-0.25, -0.2) is 8.42 Å². The Morgan fingerprint density at radius 1 is 1.05 bits per heavy atom. The highest BCUT2D eigenvalue weighted by Gasteiger charge is 2.28. The van der Waals surface area contributed by atoms with E-state index in [9.17, 15) is 18.0 Å². The molecule has 2 aromatic carbocycles. The van der Waals surface area contributed by atoms with Crippen LogP contribution in [0.4, 0.5) is 0 Å². The largest absolute Gasteiger partial charge is 0.497 e. The van der Waals surface area contributed by atoms with Gasteiger partial charge in [-0.15, -0.1) is 0 Å². The molecule has 2 aromatic rings. The monoisotopic (exact) mass is 575 g/mol. The number of rotatable bonds is 12. The number of nitrogens with zero attached hydrogens (tertiary/aromatic N) is 2. The maximum absolute atomic E-state index is 13.3. The molecule has 11 nitrogen and oxygen atoms in total. The third-order valence-corrected chi connectivity index (χ3v) is 8.91. The second-order valence-electron chi connectivity index (χ2n) is 9.70. The molecule has 40 heavy (non-hydrogen) atoms. The van der Waals surface area contributed by atoms with Crippen molar-refractivity contribution in [2.45, 2.75) is 43.4 Å². The van der Waals surface area contributed by atoms with E-state index < -0.39 is 16.1 Å². The maximum atomic E-state index is 13.3. The quantitative estimate of drug-likeness (QED) is 0.407.